The topological polar surface area (TPSA) is 45.2 Å². The first-order chi connectivity index (χ1) is 10.3. The van der Waals surface area contributed by atoms with E-state index in [0.717, 1.165) is 30.8 Å². The van der Waals surface area contributed by atoms with Gasteiger partial charge < -0.3 is 10.2 Å². The van der Waals surface area contributed by atoms with Gasteiger partial charge in [0.25, 0.3) is 0 Å². The highest BCUT2D eigenvalue weighted by Crippen LogP contribution is 2.30. The number of amides is 1. The highest BCUT2D eigenvalue weighted by Gasteiger charge is 2.29. The van der Waals surface area contributed by atoms with Crippen molar-refractivity contribution in [3.63, 3.8) is 0 Å². The number of nitrogens with zero attached hydrogens (tertiary/aromatic N) is 2. The molecule has 4 nitrogen and oxygen atoms in total. The fourth-order valence-corrected chi connectivity index (χ4v) is 2.32. The summed E-state index contributed by atoms with van der Waals surface area (Å²) in [5, 5.41) is 2.86. The van der Waals surface area contributed by atoms with Crippen molar-refractivity contribution >= 4 is 23.1 Å². The third-order valence-electron chi connectivity index (χ3n) is 3.64. The van der Waals surface area contributed by atoms with E-state index in [0.29, 0.717) is 5.82 Å². The molecule has 21 heavy (non-hydrogen) atoms. The molecule has 1 fully saturated rings. The summed E-state index contributed by atoms with van der Waals surface area (Å²) < 4.78 is 0. The van der Waals surface area contributed by atoms with E-state index in [1.165, 1.54) is 0 Å². The minimum absolute atomic E-state index is 0.0886. The Kier molecular flexibility index (Phi) is 3.86. The SMILES string of the molecule is CCN(c1ccccc1)c1ccc(NC(=O)C2CC2)nc1. The molecule has 4 heteroatoms. The van der Waals surface area contributed by atoms with Gasteiger partial charge in [-0.3, -0.25) is 4.79 Å². The Bertz CT molecular complexity index is 606. The standard InChI is InChI=1S/C17H19N3O/c1-2-20(14-6-4-3-5-7-14)15-10-11-16(18-12-15)19-17(21)13-8-9-13/h3-7,10-13H,2,8-9H2,1H3,(H,18,19,21). The summed E-state index contributed by atoms with van der Waals surface area (Å²) in [6, 6.07) is 14.1. The van der Waals surface area contributed by atoms with E-state index < -0.39 is 0 Å². The van der Waals surface area contributed by atoms with Gasteiger partial charge in [-0.25, -0.2) is 4.98 Å². The van der Waals surface area contributed by atoms with Crippen molar-refractivity contribution in [1.29, 1.82) is 0 Å². The van der Waals surface area contributed by atoms with Crippen LogP contribution in [-0.4, -0.2) is 17.4 Å². The molecule has 1 N–H and O–H groups in total. The quantitative estimate of drug-likeness (QED) is 0.911. The van der Waals surface area contributed by atoms with Crippen LogP contribution in [0.4, 0.5) is 17.2 Å². The van der Waals surface area contributed by atoms with Crippen LogP contribution in [0.15, 0.2) is 48.7 Å². The first-order valence-corrected chi connectivity index (χ1v) is 7.37. The van der Waals surface area contributed by atoms with Gasteiger partial charge in [0.1, 0.15) is 5.82 Å². The Morgan fingerprint density at radius 1 is 1.19 bits per heavy atom. The highest BCUT2D eigenvalue weighted by atomic mass is 16.2. The third-order valence-corrected chi connectivity index (χ3v) is 3.64. The maximum atomic E-state index is 11.7. The van der Waals surface area contributed by atoms with E-state index in [2.05, 4.69) is 34.3 Å². The molecule has 1 heterocycles. The van der Waals surface area contributed by atoms with Crippen molar-refractivity contribution in [3.05, 3.63) is 48.7 Å². The Morgan fingerprint density at radius 3 is 2.52 bits per heavy atom. The summed E-state index contributed by atoms with van der Waals surface area (Å²) in [5.74, 6) is 0.911. The molecule has 1 aromatic heterocycles. The number of carbonyl (C=O) groups is 1. The Morgan fingerprint density at radius 2 is 1.95 bits per heavy atom. The van der Waals surface area contributed by atoms with Crippen molar-refractivity contribution in [2.45, 2.75) is 19.8 Å². The zero-order chi connectivity index (χ0) is 14.7. The van der Waals surface area contributed by atoms with Gasteiger partial charge in [0.2, 0.25) is 5.91 Å². The number of nitrogens with one attached hydrogen (secondary N) is 1. The zero-order valence-electron chi connectivity index (χ0n) is 12.1. The fourth-order valence-electron chi connectivity index (χ4n) is 2.32. The molecule has 3 rings (SSSR count). The van der Waals surface area contributed by atoms with E-state index in [1.54, 1.807) is 6.20 Å². The molecule has 0 aliphatic heterocycles. The monoisotopic (exact) mass is 281 g/mol. The smallest absolute Gasteiger partial charge is 0.228 e. The highest BCUT2D eigenvalue weighted by molar-refractivity contribution is 5.93. The maximum absolute atomic E-state index is 11.7. The molecular weight excluding hydrogens is 262 g/mol. The van der Waals surface area contributed by atoms with Crippen LogP contribution in [0.1, 0.15) is 19.8 Å². The van der Waals surface area contributed by atoms with E-state index in [-0.39, 0.29) is 11.8 Å². The molecule has 1 aliphatic carbocycles. The molecule has 0 spiro atoms. The van der Waals surface area contributed by atoms with E-state index in [9.17, 15) is 4.79 Å². The predicted octanol–water partition coefficient (Wildman–Crippen LogP) is 3.59. The fraction of sp³-hybridized carbons (Fsp3) is 0.294. The molecular formula is C17H19N3O. The minimum atomic E-state index is 0.0886. The van der Waals surface area contributed by atoms with Gasteiger partial charge in [-0.05, 0) is 44.0 Å². The van der Waals surface area contributed by atoms with E-state index >= 15 is 0 Å². The first-order valence-electron chi connectivity index (χ1n) is 7.37. The van der Waals surface area contributed by atoms with Crippen molar-refractivity contribution < 1.29 is 4.79 Å². The number of rotatable bonds is 5. The summed E-state index contributed by atoms with van der Waals surface area (Å²) in [5.41, 5.74) is 2.16. The summed E-state index contributed by atoms with van der Waals surface area (Å²) in [4.78, 5) is 18.2. The van der Waals surface area contributed by atoms with Crippen molar-refractivity contribution in [2.75, 3.05) is 16.8 Å². The molecule has 0 radical (unpaired) electrons. The van der Waals surface area contributed by atoms with Crippen LogP contribution in [0.2, 0.25) is 0 Å². The van der Waals surface area contributed by atoms with Crippen LogP contribution in [-0.2, 0) is 4.79 Å². The summed E-state index contributed by atoms with van der Waals surface area (Å²) in [6.07, 6.45) is 3.81. The van der Waals surface area contributed by atoms with Crippen LogP contribution >= 0.6 is 0 Å². The first kappa shape index (κ1) is 13.6. The number of para-hydroxylation sites is 1. The van der Waals surface area contributed by atoms with Crippen LogP contribution in [0.25, 0.3) is 0 Å². The average Bonchev–Trinajstić information content (AvgIpc) is 3.36. The molecule has 1 amide bonds. The van der Waals surface area contributed by atoms with Gasteiger partial charge in [0, 0.05) is 18.2 Å². The van der Waals surface area contributed by atoms with Gasteiger partial charge in [-0.15, -0.1) is 0 Å². The third kappa shape index (κ3) is 3.21. The number of pyridine rings is 1. The Balaban J connectivity index is 1.74. The molecule has 1 aromatic carbocycles. The number of aromatic nitrogens is 1. The molecule has 1 aliphatic rings. The van der Waals surface area contributed by atoms with Crippen LogP contribution in [0.3, 0.4) is 0 Å². The van der Waals surface area contributed by atoms with E-state index in [4.69, 9.17) is 0 Å². The van der Waals surface area contributed by atoms with Crippen LogP contribution in [0.5, 0.6) is 0 Å². The number of benzene rings is 1. The molecule has 0 bridgehead atoms. The lowest BCUT2D eigenvalue weighted by Gasteiger charge is -2.23. The Labute approximate surface area is 124 Å². The van der Waals surface area contributed by atoms with Gasteiger partial charge in [-0.2, -0.15) is 0 Å². The van der Waals surface area contributed by atoms with Gasteiger partial charge >= 0.3 is 0 Å². The normalized spacial score (nSPS) is 13.8. The van der Waals surface area contributed by atoms with Crippen LogP contribution < -0.4 is 10.2 Å². The van der Waals surface area contributed by atoms with E-state index in [1.807, 2.05) is 30.3 Å². The van der Waals surface area contributed by atoms with Crippen LogP contribution in [0, 0.1) is 5.92 Å². The van der Waals surface area contributed by atoms with Gasteiger partial charge in [0.05, 0.1) is 11.9 Å². The summed E-state index contributed by atoms with van der Waals surface area (Å²) >= 11 is 0. The second-order valence-corrected chi connectivity index (χ2v) is 5.24. The summed E-state index contributed by atoms with van der Waals surface area (Å²) in [7, 11) is 0. The lowest BCUT2D eigenvalue weighted by atomic mass is 10.2. The molecule has 0 unspecified atom stereocenters. The second-order valence-electron chi connectivity index (χ2n) is 5.24. The predicted molar refractivity (Wildman–Crippen MR) is 84.7 cm³/mol. The molecule has 1 saturated carbocycles. The maximum Gasteiger partial charge on any atom is 0.228 e. The minimum Gasteiger partial charge on any atom is -0.341 e. The van der Waals surface area contributed by atoms with Gasteiger partial charge in [-0.1, -0.05) is 18.2 Å². The van der Waals surface area contributed by atoms with Gasteiger partial charge in [0.15, 0.2) is 0 Å². The summed E-state index contributed by atoms with van der Waals surface area (Å²) in [6.45, 7) is 2.97. The van der Waals surface area contributed by atoms with Crippen molar-refractivity contribution in [1.82, 2.24) is 4.98 Å². The lowest BCUT2D eigenvalue weighted by Crippen LogP contribution is -2.17. The zero-order valence-corrected chi connectivity index (χ0v) is 12.1. The molecule has 2 aromatic rings. The lowest BCUT2D eigenvalue weighted by molar-refractivity contribution is -0.117. The Hall–Kier alpha value is -2.36. The molecule has 0 saturated heterocycles. The second kappa shape index (κ2) is 5.95. The number of carbonyl (C=O) groups excluding carboxylic acids is 1. The largest absolute Gasteiger partial charge is 0.341 e. The average molecular weight is 281 g/mol. The number of anilines is 3. The van der Waals surface area contributed by atoms with Crippen molar-refractivity contribution in [3.8, 4) is 0 Å². The van der Waals surface area contributed by atoms with Crippen molar-refractivity contribution in [2.24, 2.45) is 5.92 Å². The molecule has 0 atom stereocenters. The number of hydrogen-bond donors (Lipinski definition) is 1. The molecule has 108 valence electrons. The number of hydrogen-bond acceptors (Lipinski definition) is 3.